The van der Waals surface area contributed by atoms with Gasteiger partial charge in [0, 0.05) is 26.2 Å². The monoisotopic (exact) mass is 489 g/mol. The van der Waals surface area contributed by atoms with E-state index in [9.17, 15) is 0 Å². The molecule has 2 saturated heterocycles. The Morgan fingerprint density at radius 1 is 1.30 bits per heavy atom. The maximum absolute atomic E-state index is 5.96. The number of aliphatic imine (C=N–C) groups is 1. The molecule has 1 aromatic carbocycles. The summed E-state index contributed by atoms with van der Waals surface area (Å²) in [7, 11) is 1.70. The normalized spacial score (nSPS) is 23.1. The molecule has 27 heavy (non-hydrogen) atoms. The summed E-state index contributed by atoms with van der Waals surface area (Å²) in [6.45, 7) is 8.93. The highest BCUT2D eigenvalue weighted by Gasteiger charge is 2.32. The molecule has 2 aliphatic rings. The Balaban J connectivity index is 0.00000261. The first-order valence-corrected chi connectivity index (χ1v) is 9.61. The Kier molecular flexibility index (Phi) is 9.11. The van der Waals surface area contributed by atoms with Gasteiger partial charge in [-0.25, -0.2) is 4.99 Å². The minimum absolute atomic E-state index is 0. The maximum Gasteiger partial charge on any atom is 0.194 e. The quantitative estimate of drug-likeness (QED) is 0.392. The van der Waals surface area contributed by atoms with Crippen molar-refractivity contribution in [1.82, 2.24) is 10.2 Å². The molecule has 2 heterocycles. The molecule has 7 heteroatoms. The molecule has 1 aromatic rings. The van der Waals surface area contributed by atoms with Crippen LogP contribution in [-0.4, -0.2) is 63.0 Å². The molecule has 0 amide bonds. The van der Waals surface area contributed by atoms with E-state index in [-0.39, 0.29) is 36.2 Å². The van der Waals surface area contributed by atoms with Crippen LogP contribution in [0.25, 0.3) is 0 Å². The predicted molar refractivity (Wildman–Crippen MR) is 118 cm³/mol. The Bertz CT molecular complexity index is 620. The van der Waals surface area contributed by atoms with Crippen molar-refractivity contribution >= 4 is 29.9 Å². The smallest absolute Gasteiger partial charge is 0.194 e. The number of benzene rings is 1. The van der Waals surface area contributed by atoms with E-state index in [4.69, 9.17) is 19.2 Å². The lowest BCUT2D eigenvalue weighted by atomic mass is 10.1. The predicted octanol–water partition coefficient (Wildman–Crippen LogP) is 2.97. The number of rotatable bonds is 5. The van der Waals surface area contributed by atoms with E-state index in [1.807, 2.05) is 6.07 Å². The van der Waals surface area contributed by atoms with E-state index >= 15 is 0 Å². The average molecular weight is 489 g/mol. The third-order valence-corrected chi connectivity index (χ3v) is 4.98. The van der Waals surface area contributed by atoms with Gasteiger partial charge in [-0.2, -0.15) is 0 Å². The van der Waals surface area contributed by atoms with Gasteiger partial charge in [-0.15, -0.1) is 24.0 Å². The molecule has 6 nitrogen and oxygen atoms in total. The van der Waals surface area contributed by atoms with Crippen molar-refractivity contribution in [3.8, 4) is 5.75 Å². The molecule has 1 N–H and O–H groups in total. The number of methoxy groups -OCH3 is 1. The van der Waals surface area contributed by atoms with Crippen LogP contribution in [0.3, 0.4) is 0 Å². The van der Waals surface area contributed by atoms with Crippen molar-refractivity contribution in [2.75, 3.05) is 40.0 Å². The molecule has 3 rings (SSSR count). The fraction of sp³-hybridized carbons (Fsp3) is 0.650. The second kappa shape index (κ2) is 11.1. The van der Waals surface area contributed by atoms with E-state index in [1.54, 1.807) is 7.11 Å². The summed E-state index contributed by atoms with van der Waals surface area (Å²) in [5.74, 6) is 1.87. The number of ether oxygens (including phenoxy) is 3. The molecule has 0 radical (unpaired) electrons. The fourth-order valence-corrected chi connectivity index (χ4v) is 3.62. The van der Waals surface area contributed by atoms with Crippen LogP contribution in [0.1, 0.15) is 30.9 Å². The van der Waals surface area contributed by atoms with Crippen molar-refractivity contribution in [3.05, 3.63) is 29.3 Å². The lowest BCUT2D eigenvalue weighted by Gasteiger charge is -2.37. The van der Waals surface area contributed by atoms with Crippen LogP contribution in [0.2, 0.25) is 0 Å². The zero-order valence-corrected chi connectivity index (χ0v) is 18.9. The highest BCUT2D eigenvalue weighted by atomic mass is 127. The van der Waals surface area contributed by atoms with Crippen LogP contribution in [0.15, 0.2) is 23.2 Å². The summed E-state index contributed by atoms with van der Waals surface area (Å²) in [4.78, 5) is 7.16. The van der Waals surface area contributed by atoms with Gasteiger partial charge in [-0.3, -0.25) is 0 Å². The molecular formula is C20H32IN3O3. The molecule has 2 unspecified atom stereocenters. The van der Waals surface area contributed by atoms with E-state index in [2.05, 4.69) is 36.2 Å². The third-order valence-electron chi connectivity index (χ3n) is 4.98. The zero-order chi connectivity index (χ0) is 18.4. The standard InChI is InChI=1S/C20H31N3O3.HI/c1-4-21-20(22-13-16-7-8-17(24-3)15(2)12-16)23-9-11-26-19(14-23)18-6-5-10-25-18;/h7-8,12,18-19H,4-6,9-11,13-14H2,1-3H3,(H,21,22);1H. The molecule has 0 aromatic heterocycles. The second-order valence-corrected chi connectivity index (χ2v) is 6.88. The van der Waals surface area contributed by atoms with E-state index in [1.165, 1.54) is 5.56 Å². The number of halogens is 1. The minimum atomic E-state index is 0. The van der Waals surface area contributed by atoms with Crippen molar-refractivity contribution in [1.29, 1.82) is 0 Å². The summed E-state index contributed by atoms with van der Waals surface area (Å²) in [6, 6.07) is 6.23. The Labute approximate surface area is 179 Å². The second-order valence-electron chi connectivity index (χ2n) is 6.88. The van der Waals surface area contributed by atoms with Gasteiger partial charge in [0.25, 0.3) is 0 Å². The molecule has 2 aliphatic heterocycles. The summed E-state index contributed by atoms with van der Waals surface area (Å²) in [6.07, 6.45) is 2.59. The molecule has 0 bridgehead atoms. The number of aryl methyl sites for hydroxylation is 1. The number of hydrogen-bond acceptors (Lipinski definition) is 4. The first-order chi connectivity index (χ1) is 12.7. The van der Waals surface area contributed by atoms with Gasteiger partial charge >= 0.3 is 0 Å². The molecular weight excluding hydrogens is 457 g/mol. The molecule has 0 saturated carbocycles. The zero-order valence-electron chi connectivity index (χ0n) is 16.6. The largest absolute Gasteiger partial charge is 0.496 e. The van der Waals surface area contributed by atoms with Crippen LogP contribution in [0.4, 0.5) is 0 Å². The minimum Gasteiger partial charge on any atom is -0.496 e. The van der Waals surface area contributed by atoms with Crippen molar-refractivity contribution in [2.24, 2.45) is 4.99 Å². The van der Waals surface area contributed by atoms with Crippen molar-refractivity contribution in [3.63, 3.8) is 0 Å². The number of morpholine rings is 1. The summed E-state index contributed by atoms with van der Waals surface area (Å²) in [5.41, 5.74) is 2.32. The number of nitrogens with zero attached hydrogens (tertiary/aromatic N) is 2. The third kappa shape index (κ3) is 5.96. The summed E-state index contributed by atoms with van der Waals surface area (Å²) >= 11 is 0. The van der Waals surface area contributed by atoms with Gasteiger partial charge in [0.05, 0.1) is 26.4 Å². The molecule has 152 valence electrons. The van der Waals surface area contributed by atoms with Crippen LogP contribution >= 0.6 is 24.0 Å². The topological polar surface area (TPSA) is 55.3 Å². The van der Waals surface area contributed by atoms with Gasteiger partial charge in [-0.1, -0.05) is 12.1 Å². The summed E-state index contributed by atoms with van der Waals surface area (Å²) < 4.78 is 17.1. The van der Waals surface area contributed by atoms with Crippen LogP contribution in [-0.2, 0) is 16.0 Å². The maximum atomic E-state index is 5.96. The molecule has 2 atom stereocenters. The molecule has 2 fully saturated rings. The lowest BCUT2D eigenvalue weighted by Crippen LogP contribution is -2.53. The SMILES string of the molecule is CCNC(=NCc1ccc(OC)c(C)c1)N1CCOC(C2CCCO2)C1.I. The van der Waals surface area contributed by atoms with Gasteiger partial charge in [0.1, 0.15) is 11.9 Å². The van der Waals surface area contributed by atoms with E-state index in [0.717, 1.165) is 63.0 Å². The van der Waals surface area contributed by atoms with Crippen molar-refractivity contribution < 1.29 is 14.2 Å². The summed E-state index contributed by atoms with van der Waals surface area (Å²) in [5, 5.41) is 3.43. The fourth-order valence-electron chi connectivity index (χ4n) is 3.62. The Morgan fingerprint density at radius 2 is 2.11 bits per heavy atom. The molecule has 0 aliphatic carbocycles. The van der Waals surface area contributed by atoms with Crippen LogP contribution in [0, 0.1) is 6.92 Å². The first kappa shape index (κ1) is 22.2. The van der Waals surface area contributed by atoms with Gasteiger partial charge in [0.2, 0.25) is 0 Å². The highest BCUT2D eigenvalue weighted by Crippen LogP contribution is 2.22. The number of guanidine groups is 1. The average Bonchev–Trinajstić information content (AvgIpc) is 3.20. The van der Waals surface area contributed by atoms with E-state index < -0.39 is 0 Å². The molecule has 0 spiro atoms. The number of hydrogen-bond donors (Lipinski definition) is 1. The van der Waals surface area contributed by atoms with Gasteiger partial charge in [-0.05, 0) is 43.9 Å². The van der Waals surface area contributed by atoms with Crippen molar-refractivity contribution in [2.45, 2.75) is 45.4 Å². The highest BCUT2D eigenvalue weighted by molar-refractivity contribution is 14.0. The lowest BCUT2D eigenvalue weighted by molar-refractivity contribution is -0.0817. The van der Waals surface area contributed by atoms with E-state index in [0.29, 0.717) is 6.54 Å². The van der Waals surface area contributed by atoms with Gasteiger partial charge < -0.3 is 24.4 Å². The van der Waals surface area contributed by atoms with Crippen LogP contribution in [0.5, 0.6) is 5.75 Å². The van der Waals surface area contributed by atoms with Gasteiger partial charge in [0.15, 0.2) is 5.96 Å². The first-order valence-electron chi connectivity index (χ1n) is 9.61. The number of nitrogens with one attached hydrogen (secondary N) is 1. The van der Waals surface area contributed by atoms with Crippen LogP contribution < -0.4 is 10.1 Å². The Morgan fingerprint density at radius 3 is 2.78 bits per heavy atom. The Hall–Kier alpha value is -1.06.